The molecule has 3 aromatic rings. The Bertz CT molecular complexity index is 818. The van der Waals surface area contributed by atoms with Crippen LogP contribution in [0.15, 0.2) is 60.4 Å². The fourth-order valence-corrected chi connectivity index (χ4v) is 4.59. The molecule has 0 aromatic carbocycles. The third kappa shape index (κ3) is 4.47. The number of pyridine rings is 1. The summed E-state index contributed by atoms with van der Waals surface area (Å²) in [5.74, 6) is 0. The van der Waals surface area contributed by atoms with E-state index in [4.69, 9.17) is 0 Å². The standard InChI is InChI=1S/C21H26N4OS/c26-12-7-19-15-23(10-11-24(19)17-21-6-3-13-27-21)16-20-5-2-9-25(20)18-4-1-8-22-14-18/h1-6,8-9,13-14,19,26H,7,10-12,15-17H2/t19-/m0/s1. The monoisotopic (exact) mass is 382 g/mol. The Morgan fingerprint density at radius 2 is 2.07 bits per heavy atom. The van der Waals surface area contributed by atoms with Crippen molar-refractivity contribution in [2.75, 3.05) is 26.2 Å². The Kier molecular flexibility index (Phi) is 5.99. The molecule has 142 valence electrons. The highest BCUT2D eigenvalue weighted by atomic mass is 32.1. The summed E-state index contributed by atoms with van der Waals surface area (Å²) in [5.41, 5.74) is 2.37. The maximum atomic E-state index is 9.54. The van der Waals surface area contributed by atoms with Crippen molar-refractivity contribution in [2.45, 2.75) is 25.6 Å². The number of aliphatic hydroxyl groups excluding tert-OH is 1. The minimum Gasteiger partial charge on any atom is -0.396 e. The number of rotatable bonds is 7. The van der Waals surface area contributed by atoms with Crippen LogP contribution in [0.4, 0.5) is 0 Å². The summed E-state index contributed by atoms with van der Waals surface area (Å²) in [4.78, 5) is 10.7. The zero-order chi connectivity index (χ0) is 18.5. The van der Waals surface area contributed by atoms with Crippen molar-refractivity contribution in [3.05, 3.63) is 70.9 Å². The van der Waals surface area contributed by atoms with Crippen LogP contribution in [-0.2, 0) is 13.1 Å². The summed E-state index contributed by atoms with van der Waals surface area (Å²) in [6.45, 7) is 5.22. The van der Waals surface area contributed by atoms with Gasteiger partial charge in [0.15, 0.2) is 0 Å². The molecule has 1 saturated heterocycles. The number of aliphatic hydroxyl groups is 1. The zero-order valence-corrected chi connectivity index (χ0v) is 16.3. The molecular weight excluding hydrogens is 356 g/mol. The van der Waals surface area contributed by atoms with E-state index in [2.05, 4.69) is 61.3 Å². The highest BCUT2D eigenvalue weighted by Gasteiger charge is 2.27. The molecule has 6 heteroatoms. The van der Waals surface area contributed by atoms with Crippen molar-refractivity contribution in [2.24, 2.45) is 0 Å². The van der Waals surface area contributed by atoms with E-state index in [9.17, 15) is 5.11 Å². The van der Waals surface area contributed by atoms with Gasteiger partial charge in [-0.05, 0) is 42.1 Å². The summed E-state index contributed by atoms with van der Waals surface area (Å²) in [5, 5.41) is 11.7. The second-order valence-electron chi connectivity index (χ2n) is 7.03. The number of aromatic nitrogens is 2. The molecule has 1 aliphatic rings. The maximum Gasteiger partial charge on any atom is 0.0636 e. The Balaban J connectivity index is 1.43. The fourth-order valence-electron chi connectivity index (χ4n) is 3.86. The smallest absolute Gasteiger partial charge is 0.0636 e. The molecular formula is C21H26N4OS. The molecule has 3 aromatic heterocycles. The molecule has 0 radical (unpaired) electrons. The van der Waals surface area contributed by atoms with Gasteiger partial charge >= 0.3 is 0 Å². The van der Waals surface area contributed by atoms with Crippen molar-refractivity contribution >= 4 is 11.3 Å². The topological polar surface area (TPSA) is 44.5 Å². The Labute approximate surface area is 164 Å². The lowest BCUT2D eigenvalue weighted by Crippen LogP contribution is -2.52. The molecule has 0 amide bonds. The fraction of sp³-hybridized carbons (Fsp3) is 0.381. The molecule has 1 atom stereocenters. The molecule has 0 unspecified atom stereocenters. The Morgan fingerprint density at radius 3 is 2.85 bits per heavy atom. The first-order valence-electron chi connectivity index (χ1n) is 9.50. The molecule has 1 fully saturated rings. The highest BCUT2D eigenvalue weighted by Crippen LogP contribution is 2.21. The molecule has 1 N–H and O–H groups in total. The molecule has 1 aliphatic heterocycles. The van der Waals surface area contributed by atoms with Gasteiger partial charge in [0.05, 0.1) is 11.9 Å². The molecule has 0 spiro atoms. The van der Waals surface area contributed by atoms with E-state index in [-0.39, 0.29) is 6.61 Å². The van der Waals surface area contributed by atoms with Crippen molar-refractivity contribution < 1.29 is 5.11 Å². The zero-order valence-electron chi connectivity index (χ0n) is 15.4. The first kappa shape index (κ1) is 18.4. The molecule has 0 aliphatic carbocycles. The number of nitrogens with zero attached hydrogens (tertiary/aromatic N) is 4. The van der Waals surface area contributed by atoms with E-state index < -0.39 is 0 Å². The van der Waals surface area contributed by atoms with Crippen LogP contribution in [0.25, 0.3) is 5.69 Å². The van der Waals surface area contributed by atoms with Crippen molar-refractivity contribution in [1.82, 2.24) is 19.4 Å². The van der Waals surface area contributed by atoms with Gasteiger partial charge in [-0.1, -0.05) is 6.07 Å². The largest absolute Gasteiger partial charge is 0.396 e. The lowest BCUT2D eigenvalue weighted by Gasteiger charge is -2.41. The summed E-state index contributed by atoms with van der Waals surface area (Å²) in [6, 6.07) is 13.1. The molecule has 4 heterocycles. The number of thiophene rings is 1. The maximum absolute atomic E-state index is 9.54. The van der Waals surface area contributed by atoms with Gasteiger partial charge in [0, 0.05) is 68.3 Å². The van der Waals surface area contributed by atoms with Crippen LogP contribution in [0.1, 0.15) is 17.0 Å². The van der Waals surface area contributed by atoms with Gasteiger partial charge in [-0.3, -0.25) is 14.8 Å². The van der Waals surface area contributed by atoms with Gasteiger partial charge < -0.3 is 9.67 Å². The van der Waals surface area contributed by atoms with E-state index in [1.54, 1.807) is 6.20 Å². The quantitative estimate of drug-likeness (QED) is 0.682. The van der Waals surface area contributed by atoms with Crippen molar-refractivity contribution in [3.8, 4) is 5.69 Å². The van der Waals surface area contributed by atoms with Gasteiger partial charge in [0.1, 0.15) is 0 Å². The highest BCUT2D eigenvalue weighted by molar-refractivity contribution is 7.09. The van der Waals surface area contributed by atoms with Crippen LogP contribution in [0.3, 0.4) is 0 Å². The average Bonchev–Trinajstić information content (AvgIpc) is 3.37. The first-order valence-corrected chi connectivity index (χ1v) is 10.4. The summed E-state index contributed by atoms with van der Waals surface area (Å²) in [7, 11) is 0. The van der Waals surface area contributed by atoms with Crippen LogP contribution in [0.5, 0.6) is 0 Å². The average molecular weight is 383 g/mol. The molecule has 5 nitrogen and oxygen atoms in total. The minimum atomic E-state index is 0.242. The van der Waals surface area contributed by atoms with Crippen LogP contribution < -0.4 is 0 Å². The number of piperazine rings is 1. The molecule has 4 rings (SSSR count). The molecule has 0 saturated carbocycles. The van der Waals surface area contributed by atoms with Crippen LogP contribution >= 0.6 is 11.3 Å². The Morgan fingerprint density at radius 1 is 1.11 bits per heavy atom. The van der Waals surface area contributed by atoms with E-state index >= 15 is 0 Å². The lowest BCUT2D eigenvalue weighted by molar-refractivity contribution is 0.0498. The minimum absolute atomic E-state index is 0.242. The van der Waals surface area contributed by atoms with Crippen LogP contribution in [-0.4, -0.2) is 56.7 Å². The summed E-state index contributed by atoms with van der Waals surface area (Å²) in [6.07, 6.45) is 6.63. The third-order valence-corrected chi connectivity index (χ3v) is 6.09. The predicted molar refractivity (Wildman–Crippen MR) is 109 cm³/mol. The van der Waals surface area contributed by atoms with Gasteiger partial charge in [-0.15, -0.1) is 11.3 Å². The summed E-state index contributed by atoms with van der Waals surface area (Å²) >= 11 is 1.81. The normalized spacial score (nSPS) is 18.8. The Hall–Kier alpha value is -1.99. The third-order valence-electron chi connectivity index (χ3n) is 5.23. The SMILES string of the molecule is OCC[C@H]1CN(Cc2cccn2-c2cccnc2)CCN1Cc1cccs1. The van der Waals surface area contributed by atoms with E-state index in [0.717, 1.165) is 44.8 Å². The van der Waals surface area contributed by atoms with E-state index in [1.165, 1.54) is 10.6 Å². The van der Waals surface area contributed by atoms with E-state index in [0.29, 0.717) is 6.04 Å². The van der Waals surface area contributed by atoms with Gasteiger partial charge in [0.2, 0.25) is 0 Å². The number of hydrogen-bond donors (Lipinski definition) is 1. The van der Waals surface area contributed by atoms with Crippen molar-refractivity contribution in [3.63, 3.8) is 0 Å². The second kappa shape index (κ2) is 8.80. The van der Waals surface area contributed by atoms with Crippen molar-refractivity contribution in [1.29, 1.82) is 0 Å². The molecule has 27 heavy (non-hydrogen) atoms. The summed E-state index contributed by atoms with van der Waals surface area (Å²) < 4.78 is 2.21. The predicted octanol–water partition coefficient (Wildman–Crippen LogP) is 3.00. The van der Waals surface area contributed by atoms with Gasteiger partial charge in [-0.2, -0.15) is 0 Å². The second-order valence-corrected chi connectivity index (χ2v) is 8.06. The number of hydrogen-bond acceptors (Lipinski definition) is 5. The van der Waals surface area contributed by atoms with Crippen LogP contribution in [0, 0.1) is 0 Å². The van der Waals surface area contributed by atoms with Gasteiger partial charge in [-0.25, -0.2) is 0 Å². The van der Waals surface area contributed by atoms with E-state index in [1.807, 2.05) is 23.6 Å². The lowest BCUT2D eigenvalue weighted by atomic mass is 10.1. The molecule has 0 bridgehead atoms. The van der Waals surface area contributed by atoms with Crippen LogP contribution in [0.2, 0.25) is 0 Å². The van der Waals surface area contributed by atoms with Gasteiger partial charge in [0.25, 0.3) is 0 Å². The first-order chi connectivity index (χ1) is 13.3.